The minimum absolute atomic E-state index is 0.105. The molecule has 31 heavy (non-hydrogen) atoms. The first kappa shape index (κ1) is 25.7. The number of nitrogen functional groups attached to an aromatic ring is 1. The summed E-state index contributed by atoms with van der Waals surface area (Å²) in [5.74, 6) is 1.96. The molecule has 0 spiro atoms. The molecule has 174 valence electrons. The predicted molar refractivity (Wildman–Crippen MR) is 129 cm³/mol. The third kappa shape index (κ3) is 6.70. The van der Waals surface area contributed by atoms with Crippen LogP contribution in [0.25, 0.3) is 0 Å². The van der Waals surface area contributed by atoms with E-state index in [-0.39, 0.29) is 11.3 Å². The quantitative estimate of drug-likeness (QED) is 0.300. The van der Waals surface area contributed by atoms with Crippen molar-refractivity contribution >= 4 is 29.8 Å². The van der Waals surface area contributed by atoms with Crippen molar-refractivity contribution in [1.82, 2.24) is 10.0 Å². The molecule has 0 aliphatic heterocycles. The zero-order valence-electron chi connectivity index (χ0n) is 19.8. The summed E-state index contributed by atoms with van der Waals surface area (Å²) in [4.78, 5) is 23.3. The van der Waals surface area contributed by atoms with Gasteiger partial charge in [0.2, 0.25) is 5.91 Å². The van der Waals surface area contributed by atoms with Gasteiger partial charge in [-0.15, -0.1) is 0 Å². The van der Waals surface area contributed by atoms with Crippen LogP contribution in [0, 0.1) is 30.1 Å². The number of carbonyl (C=O) groups excluding carboxylic acids is 2. The van der Waals surface area contributed by atoms with E-state index in [0.29, 0.717) is 17.9 Å². The Labute approximate surface area is 191 Å². The minimum Gasteiger partial charge on any atom is -0.398 e. The molecule has 0 saturated heterocycles. The molecule has 6 N–H and O–H groups in total. The third-order valence-electron chi connectivity index (χ3n) is 6.82. The summed E-state index contributed by atoms with van der Waals surface area (Å²) in [6, 6.07) is 6.40. The Morgan fingerprint density at radius 3 is 2.52 bits per heavy atom. The summed E-state index contributed by atoms with van der Waals surface area (Å²) >= 11 is 1.41. The number of fused-ring (bicyclic) bond motifs is 2. The monoisotopic (exact) mass is 448 g/mol. The lowest BCUT2D eigenvalue weighted by atomic mass is 9.57. The zero-order valence-corrected chi connectivity index (χ0v) is 20.6. The molecule has 2 saturated carbocycles. The van der Waals surface area contributed by atoms with E-state index in [4.69, 9.17) is 11.5 Å². The van der Waals surface area contributed by atoms with Gasteiger partial charge in [0.1, 0.15) is 6.29 Å². The average Bonchev–Trinajstić information content (AvgIpc) is 2.69. The molecule has 3 rings (SSSR count). The molecular weight excluding hydrogens is 408 g/mol. The van der Waals surface area contributed by atoms with E-state index in [9.17, 15) is 9.59 Å². The fraction of sp³-hybridized carbons (Fsp3) is 0.667. The number of nitrogens with one attached hydrogen (secondary N) is 2. The number of hydrogen-bond donors (Lipinski definition) is 4. The topological polar surface area (TPSA) is 110 Å². The van der Waals surface area contributed by atoms with Crippen LogP contribution in [0.1, 0.15) is 58.9 Å². The van der Waals surface area contributed by atoms with Crippen molar-refractivity contribution in [2.75, 3.05) is 12.8 Å². The summed E-state index contributed by atoms with van der Waals surface area (Å²) in [6.07, 6.45) is 5.37. The molecule has 1 amide bonds. The number of aryl methyl sites for hydroxylation is 1. The Morgan fingerprint density at radius 2 is 1.97 bits per heavy atom. The van der Waals surface area contributed by atoms with Crippen LogP contribution in [0.3, 0.4) is 0 Å². The van der Waals surface area contributed by atoms with Crippen LogP contribution in [0.15, 0.2) is 23.1 Å². The number of carbonyl (C=O) groups is 2. The lowest BCUT2D eigenvalue weighted by Gasteiger charge is -2.49. The van der Waals surface area contributed by atoms with E-state index < -0.39 is 5.54 Å². The molecule has 2 aliphatic rings. The van der Waals surface area contributed by atoms with E-state index in [1.165, 1.54) is 24.8 Å². The molecule has 2 fully saturated rings. The summed E-state index contributed by atoms with van der Waals surface area (Å²) in [7, 11) is 2.04. The molecule has 1 aromatic carbocycles. The molecule has 1 aromatic rings. The highest BCUT2D eigenvalue weighted by Gasteiger charge is 2.47. The molecule has 2 bridgehead atoms. The maximum Gasteiger partial charge on any atom is 0.223 e. The largest absolute Gasteiger partial charge is 0.398 e. The fourth-order valence-corrected chi connectivity index (χ4v) is 5.85. The Kier molecular flexibility index (Phi) is 8.59. The van der Waals surface area contributed by atoms with Crippen molar-refractivity contribution in [2.45, 2.75) is 76.8 Å². The van der Waals surface area contributed by atoms with Gasteiger partial charge in [0, 0.05) is 22.0 Å². The number of anilines is 1. The van der Waals surface area contributed by atoms with E-state index in [1.807, 2.05) is 46.0 Å². The van der Waals surface area contributed by atoms with Crippen molar-refractivity contribution in [3.8, 4) is 0 Å². The molecular formula is C24H40N4O2S. The molecule has 0 radical (unpaired) electrons. The normalized spacial score (nSPS) is 30.1. The van der Waals surface area contributed by atoms with E-state index in [2.05, 4.69) is 23.9 Å². The third-order valence-corrected chi connectivity index (χ3v) is 7.94. The van der Waals surface area contributed by atoms with Gasteiger partial charge in [-0.05, 0) is 101 Å². The van der Waals surface area contributed by atoms with Crippen molar-refractivity contribution < 1.29 is 9.59 Å². The maximum atomic E-state index is 11.6. The van der Waals surface area contributed by atoms with Gasteiger partial charge in [-0.3, -0.25) is 4.79 Å². The van der Waals surface area contributed by atoms with Crippen molar-refractivity contribution in [2.24, 2.45) is 28.9 Å². The summed E-state index contributed by atoms with van der Waals surface area (Å²) < 4.78 is 3.06. The van der Waals surface area contributed by atoms with Crippen LogP contribution in [-0.2, 0) is 9.59 Å². The van der Waals surface area contributed by atoms with Crippen molar-refractivity contribution in [3.63, 3.8) is 0 Å². The number of nitrogens with two attached hydrogens (primary N) is 2. The Balaban J connectivity index is 0.000000221. The van der Waals surface area contributed by atoms with Crippen LogP contribution in [0.5, 0.6) is 0 Å². The van der Waals surface area contributed by atoms with Gasteiger partial charge in [0.15, 0.2) is 0 Å². The van der Waals surface area contributed by atoms with Gasteiger partial charge in [-0.2, -0.15) is 0 Å². The highest BCUT2D eigenvalue weighted by molar-refractivity contribution is 7.97. The smallest absolute Gasteiger partial charge is 0.223 e. The first-order valence-electron chi connectivity index (χ1n) is 11.1. The summed E-state index contributed by atoms with van der Waals surface area (Å²) in [5, 5.41) is 3.43. The second-order valence-electron chi connectivity index (χ2n) is 10.3. The van der Waals surface area contributed by atoms with Gasteiger partial charge in [0.25, 0.3) is 0 Å². The molecule has 5 unspecified atom stereocenters. The molecule has 5 atom stereocenters. The van der Waals surface area contributed by atoms with Crippen molar-refractivity contribution in [1.29, 1.82) is 0 Å². The average molecular weight is 449 g/mol. The lowest BCUT2D eigenvalue weighted by Crippen LogP contribution is -2.52. The fourth-order valence-electron chi connectivity index (χ4n) is 5.10. The van der Waals surface area contributed by atoms with Crippen LogP contribution in [-0.4, -0.2) is 30.8 Å². The van der Waals surface area contributed by atoms with Gasteiger partial charge < -0.3 is 21.6 Å². The van der Waals surface area contributed by atoms with Crippen LogP contribution < -0.4 is 21.5 Å². The molecule has 0 aromatic heterocycles. The van der Waals surface area contributed by atoms with Crippen molar-refractivity contribution in [3.05, 3.63) is 23.8 Å². The SMILES string of the molecule is CNC1C(C)CC2CC1CC(C)(C(N)=O)C2.Cc1ccc(SNC(C)(C)C=O)cc1N. The van der Waals surface area contributed by atoms with E-state index in [0.717, 1.165) is 41.2 Å². The lowest BCUT2D eigenvalue weighted by molar-refractivity contribution is -0.132. The number of primary amides is 1. The number of benzene rings is 1. The molecule has 2 aliphatic carbocycles. The highest BCUT2D eigenvalue weighted by atomic mass is 32.2. The zero-order chi connectivity index (χ0) is 23.4. The molecule has 7 heteroatoms. The van der Waals surface area contributed by atoms with E-state index in [1.54, 1.807) is 0 Å². The highest BCUT2D eigenvalue weighted by Crippen LogP contribution is 2.50. The standard InChI is InChI=1S/C13H24N2O.C11H16N2OS/c1-8-4-9-5-10(11(8)15-3)7-13(2,6-9)12(14)16;1-8-4-5-9(6-10(8)12)15-13-11(2,3)7-14/h8-11,15H,4-7H2,1-3H3,(H2,14,16);4-7,13H,12H2,1-3H3. The van der Waals surface area contributed by atoms with Gasteiger partial charge in [-0.1, -0.05) is 19.9 Å². The van der Waals surface area contributed by atoms with Gasteiger partial charge in [-0.25, -0.2) is 4.72 Å². The number of amides is 1. The van der Waals surface area contributed by atoms with Crippen LogP contribution >= 0.6 is 11.9 Å². The number of rotatable bonds is 6. The maximum absolute atomic E-state index is 11.6. The van der Waals surface area contributed by atoms with Gasteiger partial charge in [0.05, 0.1) is 5.54 Å². The second kappa shape index (κ2) is 10.4. The summed E-state index contributed by atoms with van der Waals surface area (Å²) in [5.41, 5.74) is 12.4. The van der Waals surface area contributed by atoms with Gasteiger partial charge >= 0.3 is 0 Å². The van der Waals surface area contributed by atoms with Crippen LogP contribution in [0.4, 0.5) is 5.69 Å². The minimum atomic E-state index is -0.523. The Bertz CT molecular complexity index is 783. The Morgan fingerprint density at radius 1 is 1.29 bits per heavy atom. The van der Waals surface area contributed by atoms with Crippen LogP contribution in [0.2, 0.25) is 0 Å². The predicted octanol–water partition coefficient (Wildman–Crippen LogP) is 3.67. The Hall–Kier alpha value is -1.57. The number of hydrogen-bond acceptors (Lipinski definition) is 6. The summed E-state index contributed by atoms with van der Waals surface area (Å²) in [6.45, 7) is 9.99. The first-order chi connectivity index (χ1) is 14.4. The van der Waals surface area contributed by atoms with E-state index >= 15 is 0 Å². The molecule has 6 nitrogen and oxygen atoms in total. The molecule has 0 heterocycles. The second-order valence-corrected chi connectivity index (χ2v) is 11.2. The first-order valence-corrected chi connectivity index (χ1v) is 12.0. The number of aldehydes is 1.